The highest BCUT2D eigenvalue weighted by Crippen LogP contribution is 2.51. The molecule has 196 valence electrons. The maximum absolute atomic E-state index is 14.9. The van der Waals surface area contributed by atoms with Crippen molar-refractivity contribution in [3.05, 3.63) is 88.7 Å². The summed E-state index contributed by atoms with van der Waals surface area (Å²) < 4.78 is 116. The summed E-state index contributed by atoms with van der Waals surface area (Å²) in [7, 11) is 0. The molecule has 0 saturated carbocycles. The number of benzene rings is 3. The third kappa shape index (κ3) is 4.46. The standard InChI is InChI=1S/C27H21F7O3/c1-2-25-7-8-26(35-13-25,36-14-25)17-11-19(28)23(20(29)12-17)27(33,34)37-18-5-3-15(4-6-18)16-9-21(30)24(32)22(31)10-16/h3-6,9-12H,2,7-8,13-14H2,1H3. The molecular formula is C27H21F7O3. The molecule has 0 aliphatic carbocycles. The number of alkyl halides is 2. The van der Waals surface area contributed by atoms with E-state index in [2.05, 4.69) is 4.74 Å². The van der Waals surface area contributed by atoms with Gasteiger partial charge in [0.15, 0.2) is 23.2 Å². The molecule has 3 aliphatic heterocycles. The summed E-state index contributed by atoms with van der Waals surface area (Å²) >= 11 is 0. The minimum absolute atomic E-state index is 0.0328. The van der Waals surface area contributed by atoms with Crippen LogP contribution in [0.25, 0.3) is 11.1 Å². The lowest BCUT2D eigenvalue weighted by atomic mass is 9.75. The van der Waals surface area contributed by atoms with Crippen LogP contribution in [0.5, 0.6) is 5.75 Å². The van der Waals surface area contributed by atoms with Crippen molar-refractivity contribution in [2.45, 2.75) is 38.1 Å². The second-order valence-corrected chi connectivity index (χ2v) is 9.40. The Kier molecular flexibility index (Phi) is 6.23. The van der Waals surface area contributed by atoms with E-state index in [1.54, 1.807) is 0 Å². The van der Waals surface area contributed by atoms with Gasteiger partial charge in [0.2, 0.25) is 0 Å². The first kappa shape index (κ1) is 25.5. The number of fused-ring (bicyclic) bond motifs is 3. The van der Waals surface area contributed by atoms with Crippen LogP contribution in [-0.4, -0.2) is 13.2 Å². The normalized spacial score (nSPS) is 23.4. The molecule has 3 aliphatic rings. The molecule has 0 aromatic heterocycles. The van der Waals surface area contributed by atoms with Crippen LogP contribution in [0.15, 0.2) is 48.5 Å². The molecule has 37 heavy (non-hydrogen) atoms. The Labute approximate surface area is 207 Å². The topological polar surface area (TPSA) is 27.7 Å². The van der Waals surface area contributed by atoms with Gasteiger partial charge in [0.05, 0.1) is 13.2 Å². The molecule has 6 rings (SSSR count). The van der Waals surface area contributed by atoms with E-state index in [9.17, 15) is 30.7 Å². The smallest absolute Gasteiger partial charge is 0.429 e. The monoisotopic (exact) mass is 526 g/mol. The van der Waals surface area contributed by atoms with E-state index in [-0.39, 0.29) is 22.1 Å². The van der Waals surface area contributed by atoms with Crippen molar-refractivity contribution in [3.8, 4) is 16.9 Å². The van der Waals surface area contributed by atoms with Crippen LogP contribution in [0, 0.1) is 34.5 Å². The quantitative estimate of drug-likeness (QED) is 0.245. The van der Waals surface area contributed by atoms with Crippen molar-refractivity contribution in [3.63, 3.8) is 0 Å². The Balaban J connectivity index is 1.37. The van der Waals surface area contributed by atoms with Gasteiger partial charge in [0.25, 0.3) is 0 Å². The highest BCUT2D eigenvalue weighted by atomic mass is 19.3. The van der Waals surface area contributed by atoms with Crippen LogP contribution in [0.3, 0.4) is 0 Å². The van der Waals surface area contributed by atoms with Gasteiger partial charge >= 0.3 is 6.11 Å². The van der Waals surface area contributed by atoms with E-state index in [4.69, 9.17) is 9.47 Å². The molecule has 0 spiro atoms. The summed E-state index contributed by atoms with van der Waals surface area (Å²) in [4.78, 5) is 0. The van der Waals surface area contributed by atoms with Crippen LogP contribution in [0.4, 0.5) is 30.7 Å². The molecule has 3 aromatic carbocycles. The predicted octanol–water partition coefficient (Wildman–Crippen LogP) is 7.57. The Hall–Kier alpha value is -3.11. The lowest BCUT2D eigenvalue weighted by molar-refractivity contribution is -0.350. The predicted molar refractivity (Wildman–Crippen MR) is 118 cm³/mol. The molecule has 3 heterocycles. The van der Waals surface area contributed by atoms with E-state index >= 15 is 0 Å². The Bertz CT molecular complexity index is 1270. The van der Waals surface area contributed by atoms with Gasteiger partial charge in [-0.25, -0.2) is 22.0 Å². The number of halogens is 7. The molecule has 2 bridgehead atoms. The highest BCUT2D eigenvalue weighted by molar-refractivity contribution is 5.64. The van der Waals surface area contributed by atoms with E-state index in [0.29, 0.717) is 26.1 Å². The van der Waals surface area contributed by atoms with Gasteiger partial charge in [-0.05, 0) is 60.4 Å². The number of ether oxygens (including phenoxy) is 3. The third-order valence-electron chi connectivity index (χ3n) is 7.15. The molecule has 3 saturated heterocycles. The van der Waals surface area contributed by atoms with Gasteiger partial charge in [-0.1, -0.05) is 19.1 Å². The Morgan fingerprint density at radius 2 is 1.35 bits per heavy atom. The molecule has 10 heteroatoms. The molecule has 0 amide bonds. The second kappa shape index (κ2) is 9.02. The first-order valence-corrected chi connectivity index (χ1v) is 11.6. The van der Waals surface area contributed by atoms with Gasteiger partial charge in [0.1, 0.15) is 22.9 Å². The largest absolute Gasteiger partial charge is 0.432 e. The SMILES string of the molecule is CCC12CCC(c3cc(F)c(C(F)(F)Oc4ccc(-c5cc(F)c(F)c(F)c5)cc4)c(F)c3)(OC1)OC2. The fraction of sp³-hybridized carbons (Fsp3) is 0.333. The summed E-state index contributed by atoms with van der Waals surface area (Å²) in [5, 5.41) is 0. The van der Waals surface area contributed by atoms with Crippen molar-refractivity contribution < 1.29 is 44.9 Å². The lowest BCUT2D eigenvalue weighted by Gasteiger charge is -2.52. The van der Waals surface area contributed by atoms with E-state index in [0.717, 1.165) is 42.8 Å². The second-order valence-electron chi connectivity index (χ2n) is 9.40. The minimum atomic E-state index is -4.40. The summed E-state index contributed by atoms with van der Waals surface area (Å²) in [6.07, 6.45) is -2.55. The van der Waals surface area contributed by atoms with Crippen LogP contribution in [0.1, 0.15) is 37.3 Å². The van der Waals surface area contributed by atoms with E-state index in [1.165, 1.54) is 12.1 Å². The van der Waals surface area contributed by atoms with Crippen LogP contribution < -0.4 is 4.74 Å². The molecule has 0 atom stereocenters. The molecule has 3 aromatic rings. The Morgan fingerprint density at radius 1 is 0.784 bits per heavy atom. The minimum Gasteiger partial charge on any atom is -0.429 e. The zero-order chi connectivity index (χ0) is 26.6. The molecule has 3 fully saturated rings. The summed E-state index contributed by atoms with van der Waals surface area (Å²) in [6.45, 7) is 2.67. The maximum Gasteiger partial charge on any atom is 0.432 e. The number of hydrogen-bond acceptors (Lipinski definition) is 3. The molecule has 3 nitrogen and oxygen atoms in total. The van der Waals surface area contributed by atoms with Crippen LogP contribution in [0.2, 0.25) is 0 Å². The van der Waals surface area contributed by atoms with Gasteiger partial charge < -0.3 is 14.2 Å². The molecule has 0 N–H and O–H groups in total. The summed E-state index contributed by atoms with van der Waals surface area (Å²) in [5.74, 6) is -9.42. The molecular weight excluding hydrogens is 505 g/mol. The van der Waals surface area contributed by atoms with Crippen LogP contribution in [-0.2, 0) is 21.4 Å². The summed E-state index contributed by atoms with van der Waals surface area (Å²) in [5.41, 5.74) is -1.66. The molecule has 0 unspecified atom stereocenters. The van der Waals surface area contributed by atoms with Gasteiger partial charge in [-0.15, -0.1) is 0 Å². The zero-order valence-electron chi connectivity index (χ0n) is 19.5. The first-order valence-electron chi connectivity index (χ1n) is 11.6. The van der Waals surface area contributed by atoms with Crippen molar-refractivity contribution in [2.75, 3.05) is 13.2 Å². The lowest BCUT2D eigenvalue weighted by Crippen LogP contribution is -2.53. The zero-order valence-corrected chi connectivity index (χ0v) is 19.5. The number of rotatable bonds is 6. The van der Waals surface area contributed by atoms with Gasteiger partial charge in [-0.3, -0.25) is 0 Å². The van der Waals surface area contributed by atoms with Crippen molar-refractivity contribution >= 4 is 0 Å². The first-order chi connectivity index (χ1) is 17.5. The summed E-state index contributed by atoms with van der Waals surface area (Å²) in [6, 6.07) is 7.43. The fourth-order valence-electron chi connectivity index (χ4n) is 4.74. The van der Waals surface area contributed by atoms with Gasteiger partial charge in [0, 0.05) is 17.4 Å². The van der Waals surface area contributed by atoms with Crippen molar-refractivity contribution in [2.24, 2.45) is 5.41 Å². The average molecular weight is 526 g/mol. The van der Waals surface area contributed by atoms with Crippen molar-refractivity contribution in [1.29, 1.82) is 0 Å². The fourth-order valence-corrected chi connectivity index (χ4v) is 4.74. The van der Waals surface area contributed by atoms with Gasteiger partial charge in [-0.2, -0.15) is 8.78 Å². The van der Waals surface area contributed by atoms with E-state index in [1.807, 2.05) is 6.92 Å². The average Bonchev–Trinajstić information content (AvgIpc) is 2.87. The maximum atomic E-state index is 14.9. The molecule has 0 radical (unpaired) electrons. The van der Waals surface area contributed by atoms with E-state index < -0.39 is 52.3 Å². The van der Waals surface area contributed by atoms with Crippen molar-refractivity contribution in [1.82, 2.24) is 0 Å². The third-order valence-corrected chi connectivity index (χ3v) is 7.15. The van der Waals surface area contributed by atoms with Crippen LogP contribution >= 0.6 is 0 Å². The highest BCUT2D eigenvalue weighted by Gasteiger charge is 2.52. The number of hydrogen-bond donors (Lipinski definition) is 0. The Morgan fingerprint density at radius 3 is 1.84 bits per heavy atom.